The van der Waals surface area contributed by atoms with Crippen LogP contribution in [0.25, 0.3) is 0 Å². The lowest BCUT2D eigenvalue weighted by Crippen LogP contribution is -2.58. The fraction of sp³-hybridized carbons (Fsp3) is 0.898. The number of carboxylic acids is 1. The van der Waals surface area contributed by atoms with Crippen LogP contribution in [0.2, 0.25) is 0 Å². The lowest BCUT2D eigenvalue weighted by atomic mass is 9.85. The second kappa shape index (κ2) is 36.0. The Bertz CT molecular complexity index is 1520. The van der Waals surface area contributed by atoms with Crippen LogP contribution < -0.4 is 21.3 Å². The molecule has 4 amide bonds. The Morgan fingerprint density at radius 1 is 0.434 bits per heavy atom. The normalized spacial score (nSPS) is 30.5. The first-order valence-corrected chi connectivity index (χ1v) is 26.4. The van der Waals surface area contributed by atoms with Gasteiger partial charge in [0.25, 0.3) is 0 Å². The van der Waals surface area contributed by atoms with Gasteiger partial charge in [0.1, 0.15) is 36.1 Å². The van der Waals surface area contributed by atoms with Gasteiger partial charge < -0.3 is 110 Å². The maximum atomic E-state index is 13.3. The minimum atomic E-state index is -1.45. The van der Waals surface area contributed by atoms with E-state index in [1.165, 1.54) is 0 Å². The van der Waals surface area contributed by atoms with Crippen LogP contribution in [0.1, 0.15) is 85.5 Å². The highest BCUT2D eigenvalue weighted by molar-refractivity contribution is 5.78. The van der Waals surface area contributed by atoms with E-state index in [0.717, 1.165) is 0 Å². The number of hydrogen-bond donors (Lipinski definition) is 13. The standard InChI is InChI=1S/C49H88N4O23/c1-29-30(2)46(74-33(23-54)41(29)63)71-17-6-14-50-36(57)11-20-68-26-49(53-39(60)9-5-10-40(61)62,27-69-21-12-37(58)51-15-7-18-72-47-31(3)42(64)44(66)34(24-55)75-47)28-70-22-13-38(59)52-16-8-19-73-48-32(4)43(65)45(67)35(25-56)76-48/h29-35,41-48,54-56,63-67H,5-28H2,1-4H3,(H,50,57)(H,51,58)(H,52,59)(H,53,60)(H,61,62)/t29-,30?,31?,32?,33?,34?,35?,41-,42-,43-,44+,45+,46-,47-,48-,49?/m1/s1. The summed E-state index contributed by atoms with van der Waals surface area (Å²) >= 11 is 0. The van der Waals surface area contributed by atoms with Crippen molar-refractivity contribution in [3.63, 3.8) is 0 Å². The lowest BCUT2D eigenvalue weighted by Gasteiger charge is -2.41. The molecule has 3 aliphatic rings. The van der Waals surface area contributed by atoms with E-state index in [1.807, 2.05) is 13.8 Å². The van der Waals surface area contributed by atoms with Gasteiger partial charge in [0.15, 0.2) is 18.9 Å². The van der Waals surface area contributed by atoms with Gasteiger partial charge in [-0.15, -0.1) is 0 Å². The predicted molar refractivity (Wildman–Crippen MR) is 263 cm³/mol. The first kappa shape index (κ1) is 66.9. The van der Waals surface area contributed by atoms with E-state index in [1.54, 1.807) is 13.8 Å². The summed E-state index contributed by atoms with van der Waals surface area (Å²) in [5.41, 5.74) is -1.45. The molecule has 442 valence electrons. The Balaban J connectivity index is 1.54. The quantitative estimate of drug-likeness (QED) is 0.0266. The molecule has 0 aliphatic carbocycles. The van der Waals surface area contributed by atoms with E-state index in [9.17, 15) is 69.9 Å². The predicted octanol–water partition coefficient (Wildman–Crippen LogP) is -3.61. The van der Waals surface area contributed by atoms with Crippen molar-refractivity contribution in [1.82, 2.24) is 21.3 Å². The van der Waals surface area contributed by atoms with Gasteiger partial charge in [-0.2, -0.15) is 0 Å². The molecular weight excluding hydrogens is 1010 g/mol. The molecule has 3 rings (SSSR count). The summed E-state index contributed by atoms with van der Waals surface area (Å²) in [4.78, 5) is 62.9. The van der Waals surface area contributed by atoms with Crippen molar-refractivity contribution >= 4 is 29.6 Å². The third-order valence-electron chi connectivity index (χ3n) is 13.6. The largest absolute Gasteiger partial charge is 0.481 e. The highest BCUT2D eigenvalue weighted by Crippen LogP contribution is 2.32. The Kier molecular flexibility index (Phi) is 31.7. The molecule has 27 nitrogen and oxygen atoms in total. The molecule has 0 aromatic heterocycles. The van der Waals surface area contributed by atoms with E-state index in [2.05, 4.69) is 21.3 Å². The van der Waals surface area contributed by atoms with Crippen LogP contribution in [0, 0.1) is 23.7 Å². The van der Waals surface area contributed by atoms with Crippen LogP contribution in [0.5, 0.6) is 0 Å². The Morgan fingerprint density at radius 2 is 0.789 bits per heavy atom. The van der Waals surface area contributed by atoms with Gasteiger partial charge in [-0.1, -0.05) is 27.7 Å². The van der Waals surface area contributed by atoms with Crippen molar-refractivity contribution in [2.24, 2.45) is 23.7 Å². The van der Waals surface area contributed by atoms with Crippen LogP contribution in [-0.2, 0) is 66.6 Å². The number of ether oxygens (including phenoxy) is 9. The van der Waals surface area contributed by atoms with Gasteiger partial charge in [0, 0.05) is 69.5 Å². The zero-order valence-electron chi connectivity index (χ0n) is 44.4. The molecule has 3 saturated heterocycles. The second-order valence-electron chi connectivity index (χ2n) is 19.8. The fourth-order valence-corrected chi connectivity index (χ4v) is 8.49. The Hall–Kier alpha value is -3.33. The number of aliphatic hydroxyl groups excluding tert-OH is 8. The van der Waals surface area contributed by atoms with Crippen LogP contribution in [0.4, 0.5) is 0 Å². The summed E-state index contributed by atoms with van der Waals surface area (Å²) in [7, 11) is 0. The molecule has 3 heterocycles. The monoisotopic (exact) mass is 1100 g/mol. The zero-order valence-corrected chi connectivity index (χ0v) is 44.4. The van der Waals surface area contributed by atoms with Crippen LogP contribution in [0.3, 0.4) is 0 Å². The van der Waals surface area contributed by atoms with E-state index in [-0.39, 0.29) is 154 Å². The zero-order chi connectivity index (χ0) is 56.2. The van der Waals surface area contributed by atoms with Gasteiger partial charge in [-0.25, -0.2) is 0 Å². The number of aliphatic carboxylic acids is 1. The molecule has 13 N–H and O–H groups in total. The highest BCUT2D eigenvalue weighted by atomic mass is 16.7. The number of hydrogen-bond acceptors (Lipinski definition) is 22. The number of carbonyl (C=O) groups excluding carboxylic acids is 4. The molecule has 27 heteroatoms. The second-order valence-corrected chi connectivity index (χ2v) is 19.8. The maximum Gasteiger partial charge on any atom is 0.303 e. The summed E-state index contributed by atoms with van der Waals surface area (Å²) in [6, 6.07) is 0. The van der Waals surface area contributed by atoms with Gasteiger partial charge in [0.2, 0.25) is 23.6 Å². The number of rotatable bonds is 38. The highest BCUT2D eigenvalue weighted by Gasteiger charge is 2.44. The molecule has 15 atom stereocenters. The number of carboxylic acid groups (broad SMARTS) is 1. The number of aliphatic hydroxyl groups is 8. The lowest BCUT2D eigenvalue weighted by molar-refractivity contribution is -0.282. The van der Waals surface area contributed by atoms with Gasteiger partial charge in [0.05, 0.1) is 97.6 Å². The SMILES string of the molecule is CC1[C@H](OCCCNC(=O)CCOCC(COCCC(=O)NCCCO[C@@H]2OC(CO)[C@H](O)[C@H](O)C2C)(COCCC(=O)NCCCO[C@@H]2OC(CO)[C@H](O)[C@H](O)C2C)NC(=O)CCCC(=O)O)OC(CO)[C@H](O)[C@@H]1C. The minimum absolute atomic E-state index is 0.0154. The molecule has 0 saturated carbocycles. The smallest absolute Gasteiger partial charge is 0.303 e. The van der Waals surface area contributed by atoms with Crippen molar-refractivity contribution < 1.29 is 113 Å². The molecule has 6 unspecified atom stereocenters. The summed E-state index contributed by atoms with van der Waals surface area (Å²) < 4.78 is 51.9. The van der Waals surface area contributed by atoms with E-state index in [4.69, 9.17) is 42.6 Å². The molecular formula is C49H88N4O23. The van der Waals surface area contributed by atoms with Crippen molar-refractivity contribution in [2.75, 3.05) is 98.9 Å². The van der Waals surface area contributed by atoms with Crippen LogP contribution in [0.15, 0.2) is 0 Å². The van der Waals surface area contributed by atoms with Crippen molar-refractivity contribution in [3.05, 3.63) is 0 Å². The molecule has 0 aromatic carbocycles. The molecule has 76 heavy (non-hydrogen) atoms. The Morgan fingerprint density at radius 3 is 1.14 bits per heavy atom. The van der Waals surface area contributed by atoms with Gasteiger partial charge in [-0.3, -0.25) is 24.0 Å². The topological polar surface area (TPSA) is 399 Å². The summed E-state index contributed by atoms with van der Waals surface area (Å²) in [5.74, 6) is -4.20. The van der Waals surface area contributed by atoms with Crippen molar-refractivity contribution in [3.8, 4) is 0 Å². The van der Waals surface area contributed by atoms with Crippen molar-refractivity contribution in [2.45, 2.75) is 159 Å². The molecule has 3 aliphatic heterocycles. The number of amides is 4. The summed E-state index contributed by atoms with van der Waals surface area (Å²) in [6.45, 7) is 5.63. The molecule has 0 aromatic rings. The van der Waals surface area contributed by atoms with Crippen LogP contribution >= 0.6 is 0 Å². The number of nitrogens with one attached hydrogen (secondary N) is 4. The Labute approximate surface area is 443 Å². The third kappa shape index (κ3) is 23.2. The summed E-state index contributed by atoms with van der Waals surface area (Å²) in [5, 5.41) is 99.8. The van der Waals surface area contributed by atoms with E-state index in [0.29, 0.717) is 19.3 Å². The van der Waals surface area contributed by atoms with Gasteiger partial charge in [-0.05, 0) is 31.6 Å². The van der Waals surface area contributed by atoms with Crippen LogP contribution in [-0.4, -0.2) is 248 Å². The van der Waals surface area contributed by atoms with E-state index < -0.39 is 110 Å². The molecule has 3 fully saturated rings. The molecule has 0 radical (unpaired) electrons. The minimum Gasteiger partial charge on any atom is -0.481 e. The molecule has 0 bridgehead atoms. The molecule has 0 spiro atoms. The average Bonchev–Trinajstić information content (AvgIpc) is 3.39. The number of carbonyl (C=O) groups is 5. The maximum absolute atomic E-state index is 13.3. The van der Waals surface area contributed by atoms with Crippen molar-refractivity contribution in [1.29, 1.82) is 0 Å². The summed E-state index contributed by atoms with van der Waals surface area (Å²) in [6.07, 6.45) is -10.4. The third-order valence-corrected chi connectivity index (χ3v) is 13.6. The van der Waals surface area contributed by atoms with Gasteiger partial charge >= 0.3 is 5.97 Å². The first-order valence-electron chi connectivity index (χ1n) is 26.4. The average molecular weight is 1100 g/mol. The van der Waals surface area contributed by atoms with E-state index >= 15 is 0 Å². The fourth-order valence-electron chi connectivity index (χ4n) is 8.49. The first-order chi connectivity index (χ1) is 36.3.